The molecular weight excluding hydrogens is 433 g/mol. The molecule has 1 atom stereocenters. The van der Waals surface area contributed by atoms with Crippen molar-refractivity contribution in [3.63, 3.8) is 0 Å². The number of halogens is 2. The molecule has 0 saturated heterocycles. The maximum Gasteiger partial charge on any atom is 0.338 e. The standard InChI is InChI=1S/C20H13Cl2N3O5/c1-29-20(26)12-5-3-2-4-11(12)18-17(25(27)28)16(14(9-23)19(24)30-18)13-7-6-10(21)8-15(13)22/h2-8,16H,24H2,1H3. The number of allylic oxidation sites excluding steroid dienone is 1. The molecule has 30 heavy (non-hydrogen) atoms. The third-order valence-corrected chi connectivity index (χ3v) is 5.00. The summed E-state index contributed by atoms with van der Waals surface area (Å²) in [5.74, 6) is -2.59. The van der Waals surface area contributed by atoms with Crippen LogP contribution in [-0.2, 0) is 9.47 Å². The lowest BCUT2D eigenvalue weighted by Crippen LogP contribution is -2.25. The minimum Gasteiger partial charge on any atom is -0.465 e. The SMILES string of the molecule is COC(=O)c1ccccc1C1=C([N+](=O)[O-])C(c2ccc(Cl)cc2Cl)C(C#N)=C(N)O1. The molecule has 0 aliphatic carbocycles. The summed E-state index contributed by atoms with van der Waals surface area (Å²) in [7, 11) is 1.18. The molecule has 10 heteroatoms. The van der Waals surface area contributed by atoms with Gasteiger partial charge in [-0.3, -0.25) is 10.1 Å². The van der Waals surface area contributed by atoms with Gasteiger partial charge in [0.1, 0.15) is 17.6 Å². The monoisotopic (exact) mass is 445 g/mol. The number of nitriles is 1. The van der Waals surface area contributed by atoms with Gasteiger partial charge in [-0.05, 0) is 23.8 Å². The zero-order valence-electron chi connectivity index (χ0n) is 15.4. The van der Waals surface area contributed by atoms with E-state index < -0.39 is 22.5 Å². The molecular formula is C20H13Cl2N3O5. The van der Waals surface area contributed by atoms with Crippen LogP contribution in [0.4, 0.5) is 0 Å². The van der Waals surface area contributed by atoms with Crippen LogP contribution in [0.25, 0.3) is 5.76 Å². The number of benzene rings is 2. The Hall–Kier alpha value is -3.54. The first-order valence-corrected chi connectivity index (χ1v) is 9.14. The van der Waals surface area contributed by atoms with Crippen LogP contribution in [0.3, 0.4) is 0 Å². The van der Waals surface area contributed by atoms with E-state index in [9.17, 15) is 20.2 Å². The van der Waals surface area contributed by atoms with Gasteiger partial charge in [-0.1, -0.05) is 47.5 Å². The molecule has 8 nitrogen and oxygen atoms in total. The van der Waals surface area contributed by atoms with Crippen molar-refractivity contribution < 1.29 is 19.2 Å². The van der Waals surface area contributed by atoms with E-state index in [1.54, 1.807) is 12.1 Å². The number of carbonyl (C=O) groups excluding carboxylic acids is 1. The second-order valence-electron chi connectivity index (χ2n) is 6.10. The van der Waals surface area contributed by atoms with E-state index in [2.05, 4.69) is 0 Å². The Kier molecular flexibility index (Phi) is 5.96. The highest BCUT2D eigenvalue weighted by Crippen LogP contribution is 2.45. The first kappa shape index (κ1) is 21.2. The Bertz CT molecular complexity index is 1170. The average Bonchev–Trinajstić information content (AvgIpc) is 2.72. The predicted molar refractivity (Wildman–Crippen MR) is 109 cm³/mol. The summed E-state index contributed by atoms with van der Waals surface area (Å²) in [4.78, 5) is 23.6. The van der Waals surface area contributed by atoms with Crippen LogP contribution in [0.5, 0.6) is 0 Å². The molecule has 1 heterocycles. The molecule has 0 spiro atoms. The number of nitrogens with zero attached hydrogens (tertiary/aromatic N) is 2. The number of methoxy groups -OCH3 is 1. The van der Waals surface area contributed by atoms with Gasteiger partial charge in [0.15, 0.2) is 0 Å². The van der Waals surface area contributed by atoms with Gasteiger partial charge in [0, 0.05) is 15.6 Å². The van der Waals surface area contributed by atoms with Crippen molar-refractivity contribution in [1.82, 2.24) is 0 Å². The molecule has 152 valence electrons. The minimum absolute atomic E-state index is 0.0310. The number of hydrogen-bond donors (Lipinski definition) is 1. The van der Waals surface area contributed by atoms with Crippen LogP contribution in [0.2, 0.25) is 10.0 Å². The molecule has 1 aliphatic heterocycles. The van der Waals surface area contributed by atoms with E-state index in [1.807, 2.05) is 6.07 Å². The number of rotatable bonds is 4. The van der Waals surface area contributed by atoms with Gasteiger partial charge >= 0.3 is 11.7 Å². The second-order valence-corrected chi connectivity index (χ2v) is 6.94. The average molecular weight is 446 g/mol. The first-order valence-electron chi connectivity index (χ1n) is 8.39. The van der Waals surface area contributed by atoms with Crippen LogP contribution in [0, 0.1) is 21.4 Å². The van der Waals surface area contributed by atoms with Gasteiger partial charge in [0.2, 0.25) is 11.6 Å². The normalized spacial score (nSPS) is 16.0. The smallest absolute Gasteiger partial charge is 0.338 e. The summed E-state index contributed by atoms with van der Waals surface area (Å²) in [6.45, 7) is 0. The van der Waals surface area contributed by atoms with Crippen LogP contribution in [-0.4, -0.2) is 18.0 Å². The van der Waals surface area contributed by atoms with E-state index in [0.717, 1.165) is 0 Å². The topological polar surface area (TPSA) is 128 Å². The van der Waals surface area contributed by atoms with E-state index >= 15 is 0 Å². The van der Waals surface area contributed by atoms with Crippen LogP contribution in [0.15, 0.2) is 59.6 Å². The van der Waals surface area contributed by atoms with Crippen LogP contribution in [0.1, 0.15) is 27.4 Å². The Morgan fingerprint density at radius 2 is 2.00 bits per heavy atom. The number of esters is 1. The fourth-order valence-electron chi connectivity index (χ4n) is 3.14. The zero-order valence-corrected chi connectivity index (χ0v) is 16.9. The highest BCUT2D eigenvalue weighted by atomic mass is 35.5. The third kappa shape index (κ3) is 3.68. The molecule has 0 amide bonds. The van der Waals surface area contributed by atoms with Gasteiger partial charge in [0.25, 0.3) is 0 Å². The Morgan fingerprint density at radius 1 is 1.30 bits per heavy atom. The lowest BCUT2D eigenvalue weighted by molar-refractivity contribution is -0.429. The lowest BCUT2D eigenvalue weighted by atomic mass is 9.85. The van der Waals surface area contributed by atoms with E-state index in [0.29, 0.717) is 5.02 Å². The fourth-order valence-corrected chi connectivity index (χ4v) is 3.65. The molecule has 0 saturated carbocycles. The summed E-state index contributed by atoms with van der Waals surface area (Å²) in [5, 5.41) is 22.2. The lowest BCUT2D eigenvalue weighted by Gasteiger charge is -2.25. The molecule has 2 aromatic carbocycles. The maximum absolute atomic E-state index is 12.2. The molecule has 2 N–H and O–H groups in total. The van der Waals surface area contributed by atoms with Crippen LogP contribution < -0.4 is 5.73 Å². The van der Waals surface area contributed by atoms with Crippen molar-refractivity contribution in [2.75, 3.05) is 7.11 Å². The van der Waals surface area contributed by atoms with Gasteiger partial charge in [-0.2, -0.15) is 5.26 Å². The van der Waals surface area contributed by atoms with Crippen molar-refractivity contribution in [3.05, 3.63) is 96.5 Å². The number of carbonyl (C=O) groups is 1. The molecule has 0 bridgehead atoms. The molecule has 1 unspecified atom stereocenters. The Labute approximate surface area is 180 Å². The summed E-state index contributed by atoms with van der Waals surface area (Å²) in [6.07, 6.45) is 0. The third-order valence-electron chi connectivity index (χ3n) is 4.44. The Balaban J connectivity index is 2.36. The summed E-state index contributed by atoms with van der Waals surface area (Å²) < 4.78 is 10.3. The molecule has 0 radical (unpaired) electrons. The van der Waals surface area contributed by atoms with E-state index in [1.165, 1.54) is 37.4 Å². The highest BCUT2D eigenvalue weighted by Gasteiger charge is 2.43. The van der Waals surface area contributed by atoms with Gasteiger partial charge in [-0.15, -0.1) is 0 Å². The van der Waals surface area contributed by atoms with E-state index in [-0.39, 0.29) is 38.9 Å². The largest absolute Gasteiger partial charge is 0.465 e. The summed E-state index contributed by atoms with van der Waals surface area (Å²) >= 11 is 12.2. The number of nitro groups is 1. The van der Waals surface area contributed by atoms with Crippen molar-refractivity contribution in [3.8, 4) is 6.07 Å². The molecule has 0 fully saturated rings. The van der Waals surface area contributed by atoms with Crippen LogP contribution >= 0.6 is 23.2 Å². The van der Waals surface area contributed by atoms with Crippen molar-refractivity contribution in [2.45, 2.75) is 5.92 Å². The quantitative estimate of drug-likeness (QED) is 0.423. The molecule has 0 aromatic heterocycles. The first-order chi connectivity index (χ1) is 14.3. The molecule has 3 rings (SSSR count). The van der Waals surface area contributed by atoms with Gasteiger partial charge < -0.3 is 15.2 Å². The second kappa shape index (κ2) is 8.45. The Morgan fingerprint density at radius 3 is 2.60 bits per heavy atom. The number of ether oxygens (including phenoxy) is 2. The fraction of sp³-hybridized carbons (Fsp3) is 0.100. The highest BCUT2D eigenvalue weighted by molar-refractivity contribution is 6.35. The molecule has 2 aromatic rings. The van der Waals surface area contributed by atoms with Crippen molar-refractivity contribution in [2.24, 2.45) is 5.73 Å². The summed E-state index contributed by atoms with van der Waals surface area (Å²) in [6, 6.07) is 12.2. The predicted octanol–water partition coefficient (Wildman–Crippen LogP) is 4.23. The number of hydrogen-bond acceptors (Lipinski definition) is 7. The maximum atomic E-state index is 12.2. The van der Waals surface area contributed by atoms with E-state index in [4.69, 9.17) is 38.4 Å². The van der Waals surface area contributed by atoms with Crippen molar-refractivity contribution >= 4 is 34.9 Å². The number of nitrogens with two attached hydrogens (primary N) is 1. The zero-order chi connectivity index (χ0) is 22.0. The molecule has 1 aliphatic rings. The minimum atomic E-state index is -1.25. The van der Waals surface area contributed by atoms with Crippen molar-refractivity contribution in [1.29, 1.82) is 5.26 Å². The van der Waals surface area contributed by atoms with Gasteiger partial charge in [-0.25, -0.2) is 4.79 Å². The summed E-state index contributed by atoms with van der Waals surface area (Å²) in [5.41, 5.74) is 5.61. The van der Waals surface area contributed by atoms with Gasteiger partial charge in [0.05, 0.1) is 17.6 Å².